The lowest BCUT2D eigenvalue weighted by Gasteiger charge is -2.15. The molecule has 0 aromatic carbocycles. The highest BCUT2D eigenvalue weighted by molar-refractivity contribution is 7.89. The Morgan fingerprint density at radius 2 is 1.81 bits per heavy atom. The van der Waals surface area contributed by atoms with E-state index in [1.807, 2.05) is 6.92 Å². The summed E-state index contributed by atoms with van der Waals surface area (Å²) in [5, 5.41) is 11.6. The summed E-state index contributed by atoms with van der Waals surface area (Å²) in [7, 11) is -3.77. The summed E-state index contributed by atoms with van der Waals surface area (Å²) in [5.74, 6) is -1.29. The fourth-order valence-corrected chi connectivity index (χ4v) is 3.25. The van der Waals surface area contributed by atoms with Crippen LogP contribution in [0.3, 0.4) is 0 Å². The van der Waals surface area contributed by atoms with E-state index in [4.69, 9.17) is 9.84 Å². The van der Waals surface area contributed by atoms with Crippen LogP contribution in [0, 0.1) is 5.92 Å². The van der Waals surface area contributed by atoms with E-state index in [9.17, 15) is 18.0 Å². The third kappa shape index (κ3) is 14.0. The maximum absolute atomic E-state index is 12.0. The topological polar surface area (TPSA) is 122 Å². The van der Waals surface area contributed by atoms with Gasteiger partial charge in [0.05, 0.1) is 12.4 Å². The molecule has 0 aliphatic rings. The Bertz CT molecular complexity index is 507. The Kier molecular flexibility index (Phi) is 13.3. The molecule has 154 valence electrons. The zero-order valence-corrected chi connectivity index (χ0v) is 16.9. The van der Waals surface area contributed by atoms with Gasteiger partial charge < -0.3 is 15.2 Å². The van der Waals surface area contributed by atoms with Crippen molar-refractivity contribution in [2.45, 2.75) is 65.3 Å². The molecule has 0 radical (unpaired) electrons. The lowest BCUT2D eigenvalue weighted by molar-refractivity contribution is -0.139. The highest BCUT2D eigenvalue weighted by Gasteiger charge is 2.23. The summed E-state index contributed by atoms with van der Waals surface area (Å²) in [5.41, 5.74) is 0. The molecule has 0 spiro atoms. The number of aliphatic carboxylic acids is 1. The van der Waals surface area contributed by atoms with Crippen LogP contribution in [0.4, 0.5) is 0 Å². The molecule has 0 unspecified atom stereocenters. The van der Waals surface area contributed by atoms with Crippen molar-refractivity contribution >= 4 is 21.9 Å². The average Bonchev–Trinajstić information content (AvgIpc) is 2.53. The standard InChI is InChI=1S/C17H34N2O6S/c1-4-5-6-7-15(17(21)22)19-26(23,24)13-10-18-16(20)9-12-25-11-8-14(2)3/h14-15,19H,4-13H2,1-3H3,(H,18,20)(H,21,22)/t15-/m0/s1. The first kappa shape index (κ1) is 24.8. The first-order valence-electron chi connectivity index (χ1n) is 9.25. The maximum Gasteiger partial charge on any atom is 0.321 e. The van der Waals surface area contributed by atoms with Gasteiger partial charge in [-0.2, -0.15) is 0 Å². The van der Waals surface area contributed by atoms with Crippen LogP contribution >= 0.6 is 0 Å². The van der Waals surface area contributed by atoms with E-state index in [0.717, 1.165) is 19.3 Å². The predicted molar refractivity (Wildman–Crippen MR) is 100 cm³/mol. The fourth-order valence-electron chi connectivity index (χ4n) is 2.11. The van der Waals surface area contributed by atoms with Crippen LogP contribution in [-0.4, -0.2) is 57.0 Å². The monoisotopic (exact) mass is 394 g/mol. The summed E-state index contributed by atoms with van der Waals surface area (Å²) in [6.07, 6.45) is 3.76. The van der Waals surface area contributed by atoms with Gasteiger partial charge in [0, 0.05) is 19.6 Å². The average molecular weight is 395 g/mol. The molecule has 3 N–H and O–H groups in total. The summed E-state index contributed by atoms with van der Waals surface area (Å²) < 4.78 is 31.5. The van der Waals surface area contributed by atoms with Crippen LogP contribution in [-0.2, 0) is 24.3 Å². The Morgan fingerprint density at radius 1 is 1.12 bits per heavy atom. The van der Waals surface area contributed by atoms with Gasteiger partial charge in [0.1, 0.15) is 6.04 Å². The SMILES string of the molecule is CCCCC[C@H](NS(=O)(=O)CCNC(=O)CCOCCC(C)C)C(=O)O. The number of nitrogens with one attached hydrogen (secondary N) is 2. The van der Waals surface area contributed by atoms with Crippen LogP contribution in [0.5, 0.6) is 0 Å². The van der Waals surface area contributed by atoms with Gasteiger partial charge in [-0.3, -0.25) is 9.59 Å². The number of carbonyl (C=O) groups is 2. The quantitative estimate of drug-likeness (QED) is 0.341. The van der Waals surface area contributed by atoms with Crippen LogP contribution in [0.1, 0.15) is 59.3 Å². The van der Waals surface area contributed by atoms with Crippen molar-refractivity contribution in [2.75, 3.05) is 25.5 Å². The van der Waals surface area contributed by atoms with Gasteiger partial charge in [-0.1, -0.05) is 40.0 Å². The minimum Gasteiger partial charge on any atom is -0.480 e. The van der Waals surface area contributed by atoms with Crippen LogP contribution in [0.15, 0.2) is 0 Å². The number of sulfonamides is 1. The van der Waals surface area contributed by atoms with E-state index < -0.39 is 22.0 Å². The van der Waals surface area contributed by atoms with Crippen LogP contribution in [0.25, 0.3) is 0 Å². The van der Waals surface area contributed by atoms with Crippen molar-refractivity contribution in [2.24, 2.45) is 5.92 Å². The largest absolute Gasteiger partial charge is 0.480 e. The zero-order chi connectivity index (χ0) is 20.0. The number of ether oxygens (including phenoxy) is 1. The molecular formula is C17H34N2O6S. The van der Waals surface area contributed by atoms with Gasteiger partial charge in [-0.15, -0.1) is 0 Å². The summed E-state index contributed by atoms with van der Waals surface area (Å²) >= 11 is 0. The van der Waals surface area contributed by atoms with Gasteiger partial charge in [-0.25, -0.2) is 13.1 Å². The number of hydrogen-bond donors (Lipinski definition) is 3. The van der Waals surface area contributed by atoms with Crippen LogP contribution < -0.4 is 10.0 Å². The lowest BCUT2D eigenvalue weighted by atomic mass is 10.1. The number of carbonyl (C=O) groups excluding carboxylic acids is 1. The Labute approximate surface area is 157 Å². The third-order valence-electron chi connectivity index (χ3n) is 3.72. The van der Waals surface area contributed by atoms with E-state index in [2.05, 4.69) is 23.9 Å². The van der Waals surface area contributed by atoms with Crippen molar-refractivity contribution in [3.05, 3.63) is 0 Å². The highest BCUT2D eigenvalue weighted by atomic mass is 32.2. The smallest absolute Gasteiger partial charge is 0.321 e. The van der Waals surface area contributed by atoms with Crippen molar-refractivity contribution in [3.8, 4) is 0 Å². The van der Waals surface area contributed by atoms with Gasteiger partial charge in [0.2, 0.25) is 15.9 Å². The molecule has 0 aromatic heterocycles. The fraction of sp³-hybridized carbons (Fsp3) is 0.882. The normalized spacial score (nSPS) is 12.9. The molecule has 0 fully saturated rings. The minimum atomic E-state index is -3.77. The van der Waals surface area contributed by atoms with Gasteiger partial charge >= 0.3 is 5.97 Å². The first-order chi connectivity index (χ1) is 12.2. The number of amides is 1. The molecule has 0 saturated heterocycles. The van der Waals surface area contributed by atoms with E-state index >= 15 is 0 Å². The van der Waals surface area contributed by atoms with Crippen molar-refractivity contribution in [1.29, 1.82) is 0 Å². The van der Waals surface area contributed by atoms with E-state index in [1.54, 1.807) is 0 Å². The number of carboxylic acids is 1. The Balaban J connectivity index is 4.06. The number of unbranched alkanes of at least 4 members (excludes halogenated alkanes) is 2. The highest BCUT2D eigenvalue weighted by Crippen LogP contribution is 2.05. The molecule has 0 aromatic rings. The number of carboxylic acid groups (broad SMARTS) is 1. The molecule has 0 heterocycles. The predicted octanol–water partition coefficient (Wildman–Crippen LogP) is 1.51. The van der Waals surface area contributed by atoms with Gasteiger partial charge in [0.15, 0.2) is 0 Å². The summed E-state index contributed by atoms with van der Waals surface area (Å²) in [4.78, 5) is 22.8. The Hall–Kier alpha value is -1.19. The number of rotatable bonds is 16. The molecule has 8 nitrogen and oxygen atoms in total. The number of hydrogen-bond acceptors (Lipinski definition) is 5. The lowest BCUT2D eigenvalue weighted by Crippen LogP contribution is -2.43. The second kappa shape index (κ2) is 13.9. The maximum atomic E-state index is 12.0. The van der Waals surface area contributed by atoms with E-state index in [0.29, 0.717) is 25.6 Å². The minimum absolute atomic E-state index is 0.0680. The summed E-state index contributed by atoms with van der Waals surface area (Å²) in [6, 6.07) is -1.13. The molecule has 0 bridgehead atoms. The third-order valence-corrected chi connectivity index (χ3v) is 5.11. The molecule has 0 rings (SSSR count). The second-order valence-corrected chi connectivity index (χ2v) is 8.59. The van der Waals surface area contributed by atoms with Crippen molar-refractivity contribution < 1.29 is 27.9 Å². The Morgan fingerprint density at radius 3 is 2.38 bits per heavy atom. The molecule has 1 atom stereocenters. The van der Waals surface area contributed by atoms with Gasteiger partial charge in [-0.05, 0) is 18.8 Å². The molecule has 0 aliphatic heterocycles. The van der Waals surface area contributed by atoms with Crippen molar-refractivity contribution in [1.82, 2.24) is 10.0 Å². The van der Waals surface area contributed by atoms with Crippen LogP contribution in [0.2, 0.25) is 0 Å². The molecular weight excluding hydrogens is 360 g/mol. The molecule has 9 heteroatoms. The van der Waals surface area contributed by atoms with Gasteiger partial charge in [0.25, 0.3) is 0 Å². The van der Waals surface area contributed by atoms with E-state index in [1.165, 1.54) is 0 Å². The molecule has 1 amide bonds. The van der Waals surface area contributed by atoms with Crippen molar-refractivity contribution in [3.63, 3.8) is 0 Å². The summed E-state index contributed by atoms with van der Waals surface area (Å²) in [6.45, 7) is 6.98. The second-order valence-electron chi connectivity index (χ2n) is 6.72. The van der Waals surface area contributed by atoms with E-state index in [-0.39, 0.29) is 31.0 Å². The molecule has 0 saturated carbocycles. The first-order valence-corrected chi connectivity index (χ1v) is 10.9. The molecule has 26 heavy (non-hydrogen) atoms. The molecule has 0 aliphatic carbocycles. The zero-order valence-electron chi connectivity index (χ0n) is 16.1.